The maximum Gasteiger partial charge on any atom is 0.269 e. The Labute approximate surface area is 122 Å². The first kappa shape index (κ1) is 12.9. The van der Waals surface area contributed by atoms with E-state index in [0.717, 1.165) is 5.56 Å². The number of fused-ring (bicyclic) bond motifs is 1. The van der Waals surface area contributed by atoms with Crippen LogP contribution < -0.4 is 9.64 Å². The van der Waals surface area contributed by atoms with Crippen molar-refractivity contribution in [1.82, 2.24) is 4.98 Å². The Bertz CT molecular complexity index is 643. The number of aromatic nitrogens is 1. The molecular formula is C15H13ClN2O2. The van der Waals surface area contributed by atoms with E-state index >= 15 is 0 Å². The normalized spacial score (nSPS) is 17.6. The molecule has 0 saturated carbocycles. The molecule has 20 heavy (non-hydrogen) atoms. The highest BCUT2D eigenvalue weighted by Crippen LogP contribution is 2.32. The van der Waals surface area contributed by atoms with Crippen LogP contribution in [0, 0.1) is 0 Å². The maximum absolute atomic E-state index is 12.3. The van der Waals surface area contributed by atoms with Crippen LogP contribution in [0.4, 0.5) is 5.82 Å². The third-order valence-electron chi connectivity index (χ3n) is 3.18. The van der Waals surface area contributed by atoms with Crippen molar-refractivity contribution in [2.24, 2.45) is 0 Å². The average Bonchev–Trinajstić information content (AvgIpc) is 2.46. The molecule has 2 aromatic rings. The Kier molecular flexibility index (Phi) is 3.32. The summed E-state index contributed by atoms with van der Waals surface area (Å²) in [7, 11) is 0. The van der Waals surface area contributed by atoms with Gasteiger partial charge in [-0.1, -0.05) is 23.7 Å². The smallest absolute Gasteiger partial charge is 0.269 e. The number of ether oxygens (including phenoxy) is 1. The third-order valence-corrected chi connectivity index (χ3v) is 3.43. The topological polar surface area (TPSA) is 42.4 Å². The van der Waals surface area contributed by atoms with Crippen molar-refractivity contribution in [1.29, 1.82) is 0 Å². The van der Waals surface area contributed by atoms with Gasteiger partial charge < -0.3 is 4.74 Å². The number of halogens is 1. The number of carbonyl (C=O) groups excluding carboxylic acids is 1. The van der Waals surface area contributed by atoms with E-state index in [-0.39, 0.29) is 5.91 Å². The summed E-state index contributed by atoms with van der Waals surface area (Å²) in [6.45, 7) is 2.20. The molecule has 0 N–H and O–H groups in total. The standard InChI is InChI=1S/C15H13ClN2O2/c1-10-15(19)18(9-11-4-6-12(16)7-5-11)14-13(20-10)3-2-8-17-14/h2-8,10H,9H2,1H3. The Morgan fingerprint density at radius 3 is 2.80 bits per heavy atom. The zero-order chi connectivity index (χ0) is 14.1. The van der Waals surface area contributed by atoms with Gasteiger partial charge in [0.15, 0.2) is 17.7 Å². The predicted molar refractivity (Wildman–Crippen MR) is 77.0 cm³/mol. The van der Waals surface area contributed by atoms with Gasteiger partial charge in [-0.25, -0.2) is 4.98 Å². The molecule has 1 aromatic carbocycles. The molecule has 5 heteroatoms. The largest absolute Gasteiger partial charge is 0.477 e. The predicted octanol–water partition coefficient (Wildman–Crippen LogP) is 3.05. The molecule has 0 radical (unpaired) electrons. The second-order valence-electron chi connectivity index (χ2n) is 4.64. The minimum atomic E-state index is -0.501. The molecule has 1 amide bonds. The van der Waals surface area contributed by atoms with Crippen molar-refractivity contribution in [3.8, 4) is 5.75 Å². The molecule has 0 spiro atoms. The molecule has 3 rings (SSSR count). The number of carbonyl (C=O) groups is 1. The molecule has 0 saturated heterocycles. The first-order chi connectivity index (χ1) is 9.65. The van der Waals surface area contributed by atoms with Crippen LogP contribution >= 0.6 is 11.6 Å². The first-order valence-corrected chi connectivity index (χ1v) is 6.70. The van der Waals surface area contributed by atoms with Crippen molar-refractivity contribution in [2.75, 3.05) is 4.90 Å². The molecule has 1 aliphatic rings. The summed E-state index contributed by atoms with van der Waals surface area (Å²) in [6.07, 6.45) is 1.15. The van der Waals surface area contributed by atoms with Gasteiger partial charge in [0.25, 0.3) is 5.91 Å². The van der Waals surface area contributed by atoms with E-state index in [2.05, 4.69) is 4.98 Å². The highest BCUT2D eigenvalue weighted by atomic mass is 35.5. The minimum absolute atomic E-state index is 0.0915. The van der Waals surface area contributed by atoms with Crippen molar-refractivity contribution in [3.63, 3.8) is 0 Å². The van der Waals surface area contributed by atoms with Crippen LogP contribution in [0.15, 0.2) is 42.6 Å². The summed E-state index contributed by atoms with van der Waals surface area (Å²) < 4.78 is 5.56. The Balaban J connectivity index is 1.95. The summed E-state index contributed by atoms with van der Waals surface area (Å²) in [5.74, 6) is 1.10. The van der Waals surface area contributed by atoms with Gasteiger partial charge in [-0.3, -0.25) is 9.69 Å². The van der Waals surface area contributed by atoms with E-state index in [4.69, 9.17) is 16.3 Å². The number of benzene rings is 1. The highest BCUT2D eigenvalue weighted by molar-refractivity contribution is 6.30. The lowest BCUT2D eigenvalue weighted by Gasteiger charge is -2.31. The quantitative estimate of drug-likeness (QED) is 0.853. The van der Waals surface area contributed by atoms with E-state index in [1.165, 1.54) is 0 Å². The fraction of sp³-hybridized carbons (Fsp3) is 0.200. The van der Waals surface area contributed by atoms with Crippen LogP contribution in [0.25, 0.3) is 0 Å². The Morgan fingerprint density at radius 2 is 2.05 bits per heavy atom. The number of anilines is 1. The second kappa shape index (κ2) is 5.13. The zero-order valence-corrected chi connectivity index (χ0v) is 11.7. The molecule has 1 atom stereocenters. The van der Waals surface area contributed by atoms with Gasteiger partial charge in [0.05, 0.1) is 6.54 Å². The number of hydrogen-bond acceptors (Lipinski definition) is 3. The summed E-state index contributed by atoms with van der Waals surface area (Å²) in [5.41, 5.74) is 0.994. The van der Waals surface area contributed by atoms with E-state index in [0.29, 0.717) is 23.1 Å². The number of pyridine rings is 1. The second-order valence-corrected chi connectivity index (χ2v) is 5.07. The lowest BCUT2D eigenvalue weighted by atomic mass is 10.1. The SMILES string of the molecule is CC1Oc2cccnc2N(Cc2ccc(Cl)cc2)C1=O. The van der Waals surface area contributed by atoms with Crippen LogP contribution in [0.3, 0.4) is 0 Å². The fourth-order valence-corrected chi connectivity index (χ4v) is 2.29. The summed E-state index contributed by atoms with van der Waals surface area (Å²) in [4.78, 5) is 18.2. The van der Waals surface area contributed by atoms with Crippen molar-refractivity contribution in [2.45, 2.75) is 19.6 Å². The fourth-order valence-electron chi connectivity index (χ4n) is 2.17. The Hall–Kier alpha value is -2.07. The molecule has 0 fully saturated rings. The van der Waals surface area contributed by atoms with Crippen molar-refractivity contribution < 1.29 is 9.53 Å². The molecule has 4 nitrogen and oxygen atoms in total. The molecule has 1 aliphatic heterocycles. The summed E-state index contributed by atoms with van der Waals surface area (Å²) in [6, 6.07) is 11.0. The number of amides is 1. The van der Waals surface area contributed by atoms with Crippen LogP contribution in [0.5, 0.6) is 5.75 Å². The van der Waals surface area contributed by atoms with E-state index in [9.17, 15) is 4.79 Å². The van der Waals surface area contributed by atoms with Crippen LogP contribution in [-0.2, 0) is 11.3 Å². The third kappa shape index (κ3) is 2.34. The van der Waals surface area contributed by atoms with Gasteiger partial charge in [0.2, 0.25) is 0 Å². The molecule has 0 aliphatic carbocycles. The van der Waals surface area contributed by atoms with Gasteiger partial charge in [-0.05, 0) is 36.8 Å². The molecule has 2 heterocycles. The van der Waals surface area contributed by atoms with Gasteiger partial charge in [0, 0.05) is 11.2 Å². The van der Waals surface area contributed by atoms with E-state index < -0.39 is 6.10 Å². The van der Waals surface area contributed by atoms with Crippen molar-refractivity contribution in [3.05, 3.63) is 53.2 Å². The number of nitrogens with zero attached hydrogens (tertiary/aromatic N) is 2. The minimum Gasteiger partial charge on any atom is -0.477 e. The highest BCUT2D eigenvalue weighted by Gasteiger charge is 2.32. The number of rotatable bonds is 2. The molecule has 0 bridgehead atoms. The van der Waals surface area contributed by atoms with Crippen molar-refractivity contribution >= 4 is 23.3 Å². The van der Waals surface area contributed by atoms with Crippen LogP contribution in [-0.4, -0.2) is 17.0 Å². The molecule has 1 unspecified atom stereocenters. The van der Waals surface area contributed by atoms with Gasteiger partial charge >= 0.3 is 0 Å². The first-order valence-electron chi connectivity index (χ1n) is 6.32. The zero-order valence-electron chi connectivity index (χ0n) is 10.9. The lowest BCUT2D eigenvalue weighted by molar-refractivity contribution is -0.125. The summed E-state index contributed by atoms with van der Waals surface area (Å²) >= 11 is 5.87. The van der Waals surface area contributed by atoms with Gasteiger partial charge in [-0.2, -0.15) is 0 Å². The van der Waals surface area contributed by atoms with Gasteiger partial charge in [0.1, 0.15) is 0 Å². The summed E-state index contributed by atoms with van der Waals surface area (Å²) in [5, 5.41) is 0.675. The van der Waals surface area contributed by atoms with E-state index in [1.807, 2.05) is 30.3 Å². The lowest BCUT2D eigenvalue weighted by Crippen LogP contribution is -2.44. The molecule has 102 valence electrons. The Morgan fingerprint density at radius 1 is 1.30 bits per heavy atom. The van der Waals surface area contributed by atoms with Gasteiger partial charge in [-0.15, -0.1) is 0 Å². The van der Waals surface area contributed by atoms with Crippen LogP contribution in [0.1, 0.15) is 12.5 Å². The van der Waals surface area contributed by atoms with Crippen LogP contribution in [0.2, 0.25) is 5.02 Å². The van der Waals surface area contributed by atoms with E-state index in [1.54, 1.807) is 24.1 Å². The molecular weight excluding hydrogens is 276 g/mol. The monoisotopic (exact) mass is 288 g/mol. The average molecular weight is 289 g/mol. The molecule has 1 aromatic heterocycles. The number of hydrogen-bond donors (Lipinski definition) is 0. The maximum atomic E-state index is 12.3.